The van der Waals surface area contributed by atoms with Crippen LogP contribution in [0.4, 0.5) is 0 Å². The van der Waals surface area contributed by atoms with Crippen molar-refractivity contribution in [1.82, 2.24) is 5.06 Å². The lowest BCUT2D eigenvalue weighted by Crippen LogP contribution is -2.34. The summed E-state index contributed by atoms with van der Waals surface area (Å²) in [6.45, 7) is 0. The molecule has 1 atom stereocenters. The Morgan fingerprint density at radius 1 is 0.957 bits per heavy atom. The molecule has 0 fully saturated rings. The molecular formula is C18H13NO4. The van der Waals surface area contributed by atoms with Gasteiger partial charge in [-0.15, -0.1) is 0 Å². The maximum absolute atomic E-state index is 12.4. The van der Waals surface area contributed by atoms with Crippen LogP contribution in [-0.4, -0.2) is 22.8 Å². The molecule has 0 bridgehead atoms. The topological polar surface area (TPSA) is 63.7 Å². The summed E-state index contributed by atoms with van der Waals surface area (Å²) >= 11 is 0. The molecule has 4 rings (SSSR count). The zero-order chi connectivity index (χ0) is 16.0. The van der Waals surface area contributed by atoms with E-state index in [0.29, 0.717) is 11.5 Å². The minimum absolute atomic E-state index is 0.261. The molecule has 0 saturated heterocycles. The van der Waals surface area contributed by atoms with Gasteiger partial charge in [0.15, 0.2) is 0 Å². The fourth-order valence-electron chi connectivity index (χ4n) is 3.21. The fourth-order valence-corrected chi connectivity index (χ4v) is 3.21. The second-order valence-corrected chi connectivity index (χ2v) is 5.65. The Morgan fingerprint density at radius 2 is 1.57 bits per heavy atom. The minimum Gasteiger partial charge on any atom is -0.329 e. The number of hydrogen-bond donors (Lipinski definition) is 0. The van der Waals surface area contributed by atoms with Crippen molar-refractivity contribution in [2.75, 3.05) is 0 Å². The highest BCUT2D eigenvalue weighted by Gasteiger charge is 2.40. The number of nitrogens with zero attached hydrogens (tertiary/aromatic N) is 1. The SMILES string of the molecule is O=C(ON1C(=O)c2ccccc2C1=O)[C@H]1CCc2ccccc21. The number of imide groups is 1. The Labute approximate surface area is 132 Å². The molecule has 0 saturated carbocycles. The number of carbonyl (C=O) groups excluding carboxylic acids is 3. The summed E-state index contributed by atoms with van der Waals surface area (Å²) in [5.74, 6) is -2.18. The summed E-state index contributed by atoms with van der Waals surface area (Å²) in [5, 5.41) is 0.577. The number of aryl methyl sites for hydroxylation is 1. The second-order valence-electron chi connectivity index (χ2n) is 5.65. The van der Waals surface area contributed by atoms with Gasteiger partial charge in [0.1, 0.15) is 0 Å². The van der Waals surface area contributed by atoms with E-state index in [1.54, 1.807) is 24.3 Å². The molecule has 0 aromatic heterocycles. The third kappa shape index (κ3) is 2.04. The van der Waals surface area contributed by atoms with E-state index in [4.69, 9.17) is 4.84 Å². The monoisotopic (exact) mass is 307 g/mol. The molecule has 114 valence electrons. The van der Waals surface area contributed by atoms with Crippen LogP contribution in [0, 0.1) is 0 Å². The fraction of sp³-hybridized carbons (Fsp3) is 0.167. The van der Waals surface area contributed by atoms with Gasteiger partial charge in [-0.1, -0.05) is 41.5 Å². The van der Waals surface area contributed by atoms with E-state index in [-0.39, 0.29) is 11.1 Å². The molecule has 0 unspecified atom stereocenters. The van der Waals surface area contributed by atoms with Gasteiger partial charge < -0.3 is 4.84 Å². The summed E-state index contributed by atoms with van der Waals surface area (Å²) in [4.78, 5) is 42.1. The quantitative estimate of drug-likeness (QED) is 0.800. The number of fused-ring (bicyclic) bond motifs is 2. The van der Waals surface area contributed by atoms with Crippen LogP contribution in [0.25, 0.3) is 0 Å². The summed E-state index contributed by atoms with van der Waals surface area (Å²) in [5.41, 5.74) is 2.54. The standard InChI is InChI=1S/C18H13NO4/c20-16-13-7-3-4-8-14(13)17(21)19(16)23-18(22)15-10-9-11-5-1-2-6-12(11)15/h1-8,15H,9-10H2/t15-/m0/s1. The van der Waals surface area contributed by atoms with Gasteiger partial charge in [0.05, 0.1) is 17.0 Å². The molecule has 0 N–H and O–H groups in total. The highest BCUT2D eigenvalue weighted by Crippen LogP contribution is 2.34. The average molecular weight is 307 g/mol. The van der Waals surface area contributed by atoms with E-state index in [1.165, 1.54) is 0 Å². The summed E-state index contributed by atoms with van der Waals surface area (Å²) in [6, 6.07) is 14.1. The molecule has 5 nitrogen and oxygen atoms in total. The molecule has 1 heterocycles. The van der Waals surface area contributed by atoms with Crippen molar-refractivity contribution in [2.24, 2.45) is 0 Å². The first kappa shape index (κ1) is 13.7. The summed E-state index contributed by atoms with van der Waals surface area (Å²) < 4.78 is 0. The second kappa shape index (κ2) is 5.05. The molecule has 2 aromatic carbocycles. The zero-order valence-corrected chi connectivity index (χ0v) is 12.2. The van der Waals surface area contributed by atoms with E-state index < -0.39 is 23.7 Å². The number of benzene rings is 2. The predicted octanol–water partition coefficient (Wildman–Crippen LogP) is 2.47. The molecular weight excluding hydrogens is 294 g/mol. The number of hydrogen-bond acceptors (Lipinski definition) is 4. The van der Waals surface area contributed by atoms with E-state index in [2.05, 4.69) is 0 Å². The molecule has 2 aliphatic rings. The van der Waals surface area contributed by atoms with Gasteiger partial charge in [0.25, 0.3) is 11.8 Å². The summed E-state index contributed by atoms with van der Waals surface area (Å²) in [6.07, 6.45) is 1.42. The molecule has 23 heavy (non-hydrogen) atoms. The Morgan fingerprint density at radius 3 is 2.26 bits per heavy atom. The molecule has 2 aromatic rings. The van der Waals surface area contributed by atoms with Crippen LogP contribution in [0.2, 0.25) is 0 Å². The molecule has 5 heteroatoms. The van der Waals surface area contributed by atoms with Gasteiger partial charge in [0, 0.05) is 0 Å². The number of hydroxylamine groups is 2. The van der Waals surface area contributed by atoms with Gasteiger partial charge >= 0.3 is 5.97 Å². The Hall–Kier alpha value is -2.95. The number of amides is 2. The number of carbonyl (C=O) groups is 3. The lowest BCUT2D eigenvalue weighted by molar-refractivity contribution is -0.170. The van der Waals surface area contributed by atoms with Crippen LogP contribution in [0.3, 0.4) is 0 Å². The van der Waals surface area contributed by atoms with Crippen molar-refractivity contribution in [2.45, 2.75) is 18.8 Å². The van der Waals surface area contributed by atoms with E-state index >= 15 is 0 Å². The van der Waals surface area contributed by atoms with Gasteiger partial charge in [-0.3, -0.25) is 9.59 Å². The highest BCUT2D eigenvalue weighted by atomic mass is 16.7. The third-order valence-electron chi connectivity index (χ3n) is 4.36. The van der Waals surface area contributed by atoms with Gasteiger partial charge in [-0.2, -0.15) is 0 Å². The first-order valence-corrected chi connectivity index (χ1v) is 7.44. The first-order chi connectivity index (χ1) is 11.2. The van der Waals surface area contributed by atoms with Crippen molar-refractivity contribution in [3.05, 3.63) is 70.8 Å². The Kier molecular flexibility index (Phi) is 3.01. The van der Waals surface area contributed by atoms with Crippen LogP contribution in [0.15, 0.2) is 48.5 Å². The van der Waals surface area contributed by atoms with Crippen LogP contribution in [-0.2, 0) is 16.1 Å². The van der Waals surface area contributed by atoms with E-state index in [0.717, 1.165) is 17.5 Å². The Balaban J connectivity index is 1.57. The first-order valence-electron chi connectivity index (χ1n) is 7.44. The van der Waals surface area contributed by atoms with Crippen molar-refractivity contribution in [3.63, 3.8) is 0 Å². The van der Waals surface area contributed by atoms with Crippen molar-refractivity contribution in [1.29, 1.82) is 0 Å². The number of rotatable bonds is 2. The van der Waals surface area contributed by atoms with Gasteiger partial charge in [-0.05, 0) is 36.1 Å². The molecule has 0 radical (unpaired) electrons. The molecule has 1 aliphatic heterocycles. The normalized spacial score (nSPS) is 18.8. The third-order valence-corrected chi connectivity index (χ3v) is 4.36. The predicted molar refractivity (Wildman–Crippen MR) is 80.5 cm³/mol. The average Bonchev–Trinajstić information content (AvgIpc) is 3.11. The smallest absolute Gasteiger partial charge is 0.329 e. The molecule has 2 amide bonds. The van der Waals surface area contributed by atoms with Crippen molar-refractivity contribution in [3.8, 4) is 0 Å². The van der Waals surface area contributed by atoms with E-state index in [1.807, 2.05) is 24.3 Å². The minimum atomic E-state index is -0.592. The van der Waals surface area contributed by atoms with Crippen LogP contribution in [0.5, 0.6) is 0 Å². The maximum atomic E-state index is 12.4. The summed E-state index contributed by atoms with van der Waals surface area (Å²) in [7, 11) is 0. The van der Waals surface area contributed by atoms with Crippen LogP contribution < -0.4 is 0 Å². The molecule has 0 spiro atoms. The van der Waals surface area contributed by atoms with Gasteiger partial charge in [-0.25, -0.2) is 4.79 Å². The lowest BCUT2D eigenvalue weighted by atomic mass is 10.0. The largest absolute Gasteiger partial charge is 0.340 e. The van der Waals surface area contributed by atoms with Crippen molar-refractivity contribution >= 4 is 17.8 Å². The zero-order valence-electron chi connectivity index (χ0n) is 12.2. The Bertz CT molecular complexity index is 807. The van der Waals surface area contributed by atoms with E-state index in [9.17, 15) is 14.4 Å². The lowest BCUT2D eigenvalue weighted by Gasteiger charge is -2.16. The maximum Gasteiger partial charge on any atom is 0.340 e. The van der Waals surface area contributed by atoms with Crippen LogP contribution in [0.1, 0.15) is 44.2 Å². The molecule has 1 aliphatic carbocycles. The van der Waals surface area contributed by atoms with Crippen molar-refractivity contribution < 1.29 is 19.2 Å². The van der Waals surface area contributed by atoms with Crippen LogP contribution >= 0.6 is 0 Å². The highest BCUT2D eigenvalue weighted by molar-refractivity contribution is 6.20. The van der Waals surface area contributed by atoms with Gasteiger partial charge in [0.2, 0.25) is 0 Å².